The second-order valence-corrected chi connectivity index (χ2v) is 6.15. The molecule has 2 aromatic rings. The van der Waals surface area contributed by atoms with E-state index in [9.17, 15) is 4.79 Å². The van der Waals surface area contributed by atoms with Gasteiger partial charge in [-0.15, -0.1) is 11.3 Å². The highest BCUT2D eigenvalue weighted by Gasteiger charge is 2.17. The molecule has 0 saturated heterocycles. The van der Waals surface area contributed by atoms with E-state index in [0.717, 1.165) is 8.26 Å². The predicted octanol–water partition coefficient (Wildman–Crippen LogP) is 3.24. The molecule has 0 radical (unpaired) electrons. The van der Waals surface area contributed by atoms with Crippen molar-refractivity contribution < 1.29 is 4.79 Å². The van der Waals surface area contributed by atoms with Crippen LogP contribution in [0.25, 0.3) is 0 Å². The van der Waals surface area contributed by atoms with Gasteiger partial charge in [0.15, 0.2) is 5.82 Å². The van der Waals surface area contributed by atoms with Crippen molar-refractivity contribution in [3.63, 3.8) is 0 Å². The molecule has 0 spiro atoms. The van der Waals surface area contributed by atoms with Crippen LogP contribution in [0.5, 0.6) is 0 Å². The second-order valence-electron chi connectivity index (χ2n) is 2.92. The maximum Gasteiger partial charge on any atom is 0.238 e. The van der Waals surface area contributed by atoms with Gasteiger partial charge in [0.1, 0.15) is 0 Å². The van der Waals surface area contributed by atoms with Gasteiger partial charge in [-0.2, -0.15) is 0 Å². The molecule has 0 aliphatic rings. The molecule has 0 N–H and O–H groups in total. The fourth-order valence-corrected chi connectivity index (χ4v) is 3.12. The number of ketones is 1. The molecule has 0 aliphatic heterocycles. The topological polar surface area (TPSA) is 34.9 Å². The first-order valence-electron chi connectivity index (χ1n) is 4.06. The van der Waals surface area contributed by atoms with Crippen LogP contribution >= 0.6 is 43.2 Å². The molecule has 3 nitrogen and oxygen atoms in total. The summed E-state index contributed by atoms with van der Waals surface area (Å²) in [7, 11) is 1.80. The Morgan fingerprint density at radius 2 is 2.27 bits per heavy atom. The van der Waals surface area contributed by atoms with E-state index in [2.05, 4.69) is 36.8 Å². The van der Waals surface area contributed by atoms with Gasteiger partial charge in [0.2, 0.25) is 5.78 Å². The maximum atomic E-state index is 12.0. The number of carbonyl (C=O) groups excluding carboxylic acids is 1. The summed E-state index contributed by atoms with van der Waals surface area (Å²) >= 11 is 8.10. The van der Waals surface area contributed by atoms with Crippen LogP contribution < -0.4 is 0 Å². The average Bonchev–Trinajstić information content (AvgIpc) is 2.74. The van der Waals surface area contributed by atoms with E-state index in [0.29, 0.717) is 10.7 Å². The van der Waals surface area contributed by atoms with E-state index in [1.807, 2.05) is 0 Å². The lowest BCUT2D eigenvalue weighted by Crippen LogP contribution is -2.06. The Hall–Kier alpha value is -0.460. The molecular weight excluding hydrogens is 344 g/mol. The van der Waals surface area contributed by atoms with Crippen molar-refractivity contribution in [3.8, 4) is 0 Å². The molecule has 0 bridgehead atoms. The number of aromatic nitrogens is 2. The van der Waals surface area contributed by atoms with E-state index in [-0.39, 0.29) is 5.78 Å². The zero-order valence-electron chi connectivity index (χ0n) is 7.70. The van der Waals surface area contributed by atoms with E-state index in [1.54, 1.807) is 30.1 Å². The minimum Gasteiger partial charge on any atom is -0.331 e. The Morgan fingerprint density at radius 3 is 2.73 bits per heavy atom. The lowest BCUT2D eigenvalue weighted by atomic mass is 10.3. The highest BCUT2D eigenvalue weighted by Crippen LogP contribution is 2.33. The first-order chi connectivity index (χ1) is 7.09. The third-order valence-electron chi connectivity index (χ3n) is 1.89. The monoisotopic (exact) mass is 348 g/mol. The molecule has 2 rings (SSSR count). The van der Waals surface area contributed by atoms with Crippen molar-refractivity contribution in [1.82, 2.24) is 9.55 Å². The fourth-order valence-electron chi connectivity index (χ4n) is 1.15. The molecule has 78 valence electrons. The predicted molar refractivity (Wildman–Crippen MR) is 66.4 cm³/mol. The Balaban J connectivity index is 2.41. The normalized spacial score (nSPS) is 10.6. The van der Waals surface area contributed by atoms with Crippen molar-refractivity contribution in [2.75, 3.05) is 0 Å². The number of imidazole rings is 1. The van der Waals surface area contributed by atoms with Gasteiger partial charge in [0.25, 0.3) is 0 Å². The van der Waals surface area contributed by atoms with Crippen LogP contribution in [-0.2, 0) is 7.05 Å². The number of nitrogens with zero attached hydrogens (tertiary/aromatic N) is 2. The Morgan fingerprint density at radius 1 is 1.53 bits per heavy atom. The van der Waals surface area contributed by atoms with Crippen LogP contribution in [0, 0.1) is 0 Å². The van der Waals surface area contributed by atoms with Crippen LogP contribution in [-0.4, -0.2) is 15.3 Å². The van der Waals surface area contributed by atoms with Gasteiger partial charge in [-0.1, -0.05) is 0 Å². The summed E-state index contributed by atoms with van der Waals surface area (Å²) < 4.78 is 3.52. The first kappa shape index (κ1) is 11.0. The minimum absolute atomic E-state index is 0.0566. The number of hydrogen-bond acceptors (Lipinski definition) is 3. The number of thiophene rings is 1. The number of carbonyl (C=O) groups is 1. The average molecular weight is 350 g/mol. The van der Waals surface area contributed by atoms with Gasteiger partial charge >= 0.3 is 0 Å². The Bertz CT molecular complexity index is 498. The van der Waals surface area contributed by atoms with E-state index in [4.69, 9.17) is 0 Å². The lowest BCUT2D eigenvalue weighted by Gasteiger charge is -1.96. The van der Waals surface area contributed by atoms with Crippen molar-refractivity contribution in [3.05, 3.63) is 37.4 Å². The van der Waals surface area contributed by atoms with Crippen LogP contribution in [0.3, 0.4) is 0 Å². The molecular formula is C9H6Br2N2OS. The van der Waals surface area contributed by atoms with Crippen molar-refractivity contribution in [2.24, 2.45) is 7.05 Å². The van der Waals surface area contributed by atoms with Gasteiger partial charge in [0, 0.05) is 23.9 Å². The van der Waals surface area contributed by atoms with Crippen molar-refractivity contribution in [2.45, 2.75) is 0 Å². The molecule has 0 aliphatic carbocycles. The summed E-state index contributed by atoms with van der Waals surface area (Å²) in [6.45, 7) is 0. The van der Waals surface area contributed by atoms with Gasteiger partial charge in [0.05, 0.1) is 8.66 Å². The number of rotatable bonds is 2. The lowest BCUT2D eigenvalue weighted by molar-refractivity contribution is 0.103. The standard InChI is InChI=1S/C9H6Br2N2OS/c1-13-3-2-12-9(13)7(14)6-4-5(10)8(11)15-6/h2-4H,1H3. The third kappa shape index (κ3) is 2.07. The summed E-state index contributed by atoms with van der Waals surface area (Å²) in [6.07, 6.45) is 3.37. The van der Waals surface area contributed by atoms with Gasteiger partial charge < -0.3 is 4.57 Å². The number of halogens is 2. The molecule has 2 aromatic heterocycles. The van der Waals surface area contributed by atoms with Gasteiger partial charge in [-0.05, 0) is 37.9 Å². The van der Waals surface area contributed by atoms with Crippen LogP contribution in [0.2, 0.25) is 0 Å². The van der Waals surface area contributed by atoms with Gasteiger partial charge in [-0.3, -0.25) is 4.79 Å². The van der Waals surface area contributed by atoms with Crippen LogP contribution in [0.4, 0.5) is 0 Å². The zero-order chi connectivity index (χ0) is 11.0. The maximum absolute atomic E-state index is 12.0. The zero-order valence-corrected chi connectivity index (χ0v) is 11.7. The van der Waals surface area contributed by atoms with Crippen molar-refractivity contribution >= 4 is 49.0 Å². The summed E-state index contributed by atoms with van der Waals surface area (Å²) in [5.41, 5.74) is 0. The van der Waals surface area contributed by atoms with Crippen LogP contribution in [0.15, 0.2) is 26.7 Å². The minimum atomic E-state index is -0.0566. The van der Waals surface area contributed by atoms with E-state index < -0.39 is 0 Å². The smallest absolute Gasteiger partial charge is 0.238 e. The summed E-state index contributed by atoms with van der Waals surface area (Å²) in [4.78, 5) is 16.7. The summed E-state index contributed by atoms with van der Waals surface area (Å²) in [5, 5.41) is 0. The molecule has 0 amide bonds. The quantitative estimate of drug-likeness (QED) is 0.780. The second kappa shape index (κ2) is 4.19. The highest BCUT2D eigenvalue weighted by atomic mass is 79.9. The molecule has 0 unspecified atom stereocenters. The van der Waals surface area contributed by atoms with Gasteiger partial charge in [-0.25, -0.2) is 4.98 Å². The largest absolute Gasteiger partial charge is 0.331 e. The molecule has 0 saturated carbocycles. The molecule has 6 heteroatoms. The summed E-state index contributed by atoms with van der Waals surface area (Å²) in [5.74, 6) is 0.398. The Kier molecular flexibility index (Phi) is 3.08. The number of hydrogen-bond donors (Lipinski definition) is 0. The molecule has 0 atom stereocenters. The first-order valence-corrected chi connectivity index (χ1v) is 6.46. The van der Waals surface area contributed by atoms with Crippen molar-refractivity contribution in [1.29, 1.82) is 0 Å². The molecule has 0 aromatic carbocycles. The van der Waals surface area contributed by atoms with E-state index in [1.165, 1.54) is 11.3 Å². The van der Waals surface area contributed by atoms with Crippen LogP contribution in [0.1, 0.15) is 15.5 Å². The SMILES string of the molecule is Cn1ccnc1C(=O)c1cc(Br)c(Br)s1. The molecule has 15 heavy (non-hydrogen) atoms. The molecule has 2 heterocycles. The fraction of sp³-hybridized carbons (Fsp3) is 0.111. The number of aryl methyl sites for hydroxylation is 1. The summed E-state index contributed by atoms with van der Waals surface area (Å²) in [6, 6.07) is 1.80. The molecule has 0 fully saturated rings. The van der Waals surface area contributed by atoms with E-state index >= 15 is 0 Å². The Labute approximate surface area is 107 Å². The highest BCUT2D eigenvalue weighted by molar-refractivity contribution is 9.13. The third-order valence-corrected chi connectivity index (χ3v) is 5.15.